The van der Waals surface area contributed by atoms with Crippen LogP contribution >= 0.6 is 0 Å². The van der Waals surface area contributed by atoms with Crippen molar-refractivity contribution in [1.82, 2.24) is 25.1 Å². The molecule has 2 heterocycles. The Morgan fingerprint density at radius 3 is 2.38 bits per heavy atom. The van der Waals surface area contributed by atoms with Crippen LogP contribution in [-0.2, 0) is 16.8 Å². The van der Waals surface area contributed by atoms with E-state index in [-0.39, 0.29) is 23.9 Å². The van der Waals surface area contributed by atoms with Gasteiger partial charge in [0, 0.05) is 23.2 Å². The number of nitrogens with zero attached hydrogens (tertiary/aromatic N) is 4. The van der Waals surface area contributed by atoms with Crippen LogP contribution in [0.1, 0.15) is 51.2 Å². The fourth-order valence-corrected chi connectivity index (χ4v) is 3.06. The Morgan fingerprint density at radius 1 is 1.09 bits per heavy atom. The van der Waals surface area contributed by atoms with Crippen LogP contribution in [0.15, 0.2) is 51.8 Å². The number of ketones is 1. The Balaban J connectivity index is 1.82. The molecule has 0 bridgehead atoms. The van der Waals surface area contributed by atoms with E-state index in [9.17, 15) is 14.4 Å². The number of hydrogen-bond acceptors (Lipinski definition) is 7. The molecule has 0 saturated carbocycles. The summed E-state index contributed by atoms with van der Waals surface area (Å²) in [5.74, 6) is -0.664. The van der Waals surface area contributed by atoms with Gasteiger partial charge >= 0.3 is 0 Å². The fourth-order valence-electron chi connectivity index (χ4n) is 3.06. The lowest BCUT2D eigenvalue weighted by atomic mass is 9.97. The number of rotatable bonds is 7. The zero-order chi connectivity index (χ0) is 23.5. The summed E-state index contributed by atoms with van der Waals surface area (Å²) in [4.78, 5) is 42.6. The molecule has 3 rings (SSSR count). The van der Waals surface area contributed by atoms with Crippen LogP contribution in [-0.4, -0.2) is 37.5 Å². The molecular weight excluding hydrogens is 410 g/mol. The summed E-state index contributed by atoms with van der Waals surface area (Å²) in [5, 5.41) is 10.5. The van der Waals surface area contributed by atoms with E-state index in [4.69, 9.17) is 4.42 Å². The number of carbonyl (C=O) groups is 2. The minimum atomic E-state index is -0.886. The first-order valence-electron chi connectivity index (χ1n) is 10.4. The largest absolute Gasteiger partial charge is 0.418 e. The molecule has 3 aromatic rings. The fraction of sp³-hybridized carbons (Fsp3) is 0.391. The first-order chi connectivity index (χ1) is 15.1. The first-order valence-corrected chi connectivity index (χ1v) is 10.4. The van der Waals surface area contributed by atoms with Crippen molar-refractivity contribution in [2.75, 3.05) is 0 Å². The lowest BCUT2D eigenvalue weighted by molar-refractivity contribution is -0.122. The Bertz CT molecular complexity index is 1160. The highest BCUT2D eigenvalue weighted by Gasteiger charge is 2.31. The lowest BCUT2D eigenvalue weighted by Crippen LogP contribution is -2.46. The van der Waals surface area contributed by atoms with E-state index in [2.05, 4.69) is 20.5 Å². The molecule has 0 aliphatic carbocycles. The van der Waals surface area contributed by atoms with Crippen molar-refractivity contribution in [2.24, 2.45) is 5.92 Å². The zero-order valence-corrected chi connectivity index (χ0v) is 18.8. The average molecular weight is 438 g/mol. The predicted octanol–water partition coefficient (Wildman–Crippen LogP) is 2.61. The summed E-state index contributed by atoms with van der Waals surface area (Å²) in [6.07, 6.45) is 1.40. The van der Waals surface area contributed by atoms with Gasteiger partial charge in [-0.05, 0) is 5.92 Å². The quantitative estimate of drug-likeness (QED) is 0.564. The van der Waals surface area contributed by atoms with Crippen molar-refractivity contribution >= 4 is 11.7 Å². The summed E-state index contributed by atoms with van der Waals surface area (Å²) >= 11 is 0. The Morgan fingerprint density at radius 2 is 1.78 bits per heavy atom. The van der Waals surface area contributed by atoms with E-state index in [1.807, 2.05) is 39.0 Å². The number of Topliss-reactive ketones (excluding diaryl/α,β-unsaturated/α-hetero) is 1. The maximum Gasteiger partial charge on any atom is 0.286 e. The van der Waals surface area contributed by atoms with Gasteiger partial charge in [-0.25, -0.2) is 4.98 Å². The van der Waals surface area contributed by atoms with Gasteiger partial charge in [0.05, 0.1) is 6.04 Å². The SMILES string of the molecule is CC(C)[C@@H](NC(=O)Cn1c(-c2ccccc2)nccc1=O)C(=O)c1nnc(C(C)(C)C)o1. The third kappa shape index (κ3) is 5.16. The molecule has 0 unspecified atom stereocenters. The monoisotopic (exact) mass is 437 g/mol. The maximum atomic E-state index is 13.0. The summed E-state index contributed by atoms with van der Waals surface area (Å²) in [6.45, 7) is 9.00. The van der Waals surface area contributed by atoms with Crippen molar-refractivity contribution in [2.45, 2.75) is 52.6 Å². The molecule has 1 atom stereocenters. The third-order valence-electron chi connectivity index (χ3n) is 4.81. The molecule has 32 heavy (non-hydrogen) atoms. The number of hydrogen-bond donors (Lipinski definition) is 1. The van der Waals surface area contributed by atoms with Crippen molar-refractivity contribution in [3.8, 4) is 11.4 Å². The molecule has 2 aromatic heterocycles. The average Bonchev–Trinajstić information content (AvgIpc) is 3.24. The maximum absolute atomic E-state index is 13.0. The normalized spacial score (nSPS) is 12.6. The highest BCUT2D eigenvalue weighted by atomic mass is 16.4. The Hall–Kier alpha value is -3.62. The van der Waals surface area contributed by atoms with Crippen LogP contribution < -0.4 is 10.9 Å². The Kier molecular flexibility index (Phi) is 6.67. The summed E-state index contributed by atoms with van der Waals surface area (Å²) < 4.78 is 6.82. The van der Waals surface area contributed by atoms with Crippen LogP contribution in [0.4, 0.5) is 0 Å². The van der Waals surface area contributed by atoms with Crippen LogP contribution in [0.25, 0.3) is 11.4 Å². The van der Waals surface area contributed by atoms with E-state index in [1.165, 1.54) is 16.8 Å². The first kappa shape index (κ1) is 23.1. The minimum Gasteiger partial charge on any atom is -0.418 e. The van der Waals surface area contributed by atoms with Crippen molar-refractivity contribution in [3.05, 3.63) is 64.7 Å². The van der Waals surface area contributed by atoms with Crippen molar-refractivity contribution in [1.29, 1.82) is 0 Å². The van der Waals surface area contributed by atoms with Crippen molar-refractivity contribution < 1.29 is 14.0 Å². The van der Waals surface area contributed by atoms with Crippen LogP contribution in [0.2, 0.25) is 0 Å². The van der Waals surface area contributed by atoms with Gasteiger partial charge in [-0.15, -0.1) is 10.2 Å². The van der Waals surface area contributed by atoms with E-state index in [1.54, 1.807) is 26.0 Å². The van der Waals surface area contributed by atoms with Crippen LogP contribution in [0, 0.1) is 5.92 Å². The molecule has 168 valence electrons. The molecule has 0 spiro atoms. The highest BCUT2D eigenvalue weighted by Crippen LogP contribution is 2.21. The smallest absolute Gasteiger partial charge is 0.286 e. The summed E-state index contributed by atoms with van der Waals surface area (Å²) in [6, 6.07) is 9.51. The molecule has 1 aromatic carbocycles. The Labute approximate surface area is 185 Å². The number of carbonyl (C=O) groups excluding carboxylic acids is 2. The second-order valence-electron chi connectivity index (χ2n) is 8.87. The molecule has 1 amide bonds. The lowest BCUT2D eigenvalue weighted by Gasteiger charge is -2.20. The van der Waals surface area contributed by atoms with Crippen molar-refractivity contribution in [3.63, 3.8) is 0 Å². The van der Waals surface area contributed by atoms with Gasteiger partial charge in [0.1, 0.15) is 12.4 Å². The van der Waals surface area contributed by atoms with E-state index >= 15 is 0 Å². The minimum absolute atomic E-state index is 0.155. The van der Waals surface area contributed by atoms with Crippen LogP contribution in [0.3, 0.4) is 0 Å². The van der Waals surface area contributed by atoms with Gasteiger partial charge in [0.25, 0.3) is 11.4 Å². The zero-order valence-electron chi connectivity index (χ0n) is 18.8. The number of benzene rings is 1. The van der Waals surface area contributed by atoms with E-state index in [0.717, 1.165) is 0 Å². The van der Waals surface area contributed by atoms with Gasteiger partial charge < -0.3 is 9.73 Å². The topological polar surface area (TPSA) is 120 Å². The third-order valence-corrected chi connectivity index (χ3v) is 4.81. The summed E-state index contributed by atoms with van der Waals surface area (Å²) in [7, 11) is 0. The van der Waals surface area contributed by atoms with E-state index < -0.39 is 23.1 Å². The number of nitrogens with one attached hydrogen (secondary N) is 1. The molecule has 1 N–H and O–H groups in total. The van der Waals surface area contributed by atoms with Gasteiger partial charge in [-0.1, -0.05) is 65.0 Å². The summed E-state index contributed by atoms with van der Waals surface area (Å²) in [5.41, 5.74) is -0.0690. The molecule has 9 heteroatoms. The predicted molar refractivity (Wildman–Crippen MR) is 118 cm³/mol. The number of aromatic nitrogens is 4. The molecule has 0 aliphatic heterocycles. The van der Waals surface area contributed by atoms with Gasteiger partial charge in [-0.2, -0.15) is 0 Å². The standard InChI is InChI=1S/C23H27N5O4/c1-14(2)18(19(31)21-26-27-22(32-21)23(3,4)5)25-16(29)13-28-17(30)11-12-24-20(28)15-9-7-6-8-10-15/h6-12,14,18H,13H2,1-5H3,(H,25,29)/t18-/m1/s1. The van der Waals surface area contributed by atoms with E-state index in [0.29, 0.717) is 17.3 Å². The van der Waals surface area contributed by atoms with Gasteiger partial charge in [-0.3, -0.25) is 19.0 Å². The van der Waals surface area contributed by atoms with Gasteiger partial charge in [0.15, 0.2) is 0 Å². The second kappa shape index (κ2) is 9.25. The molecule has 0 saturated heterocycles. The second-order valence-corrected chi connectivity index (χ2v) is 8.87. The van der Waals surface area contributed by atoms with Crippen LogP contribution in [0.5, 0.6) is 0 Å². The highest BCUT2D eigenvalue weighted by molar-refractivity contribution is 5.98. The molecule has 0 radical (unpaired) electrons. The molecule has 0 fully saturated rings. The van der Waals surface area contributed by atoms with Gasteiger partial charge in [0.2, 0.25) is 17.6 Å². The molecule has 0 aliphatic rings. The molecule has 9 nitrogen and oxygen atoms in total. The number of amides is 1. The molecular formula is C23H27N5O4.